The Morgan fingerprint density at radius 2 is 1.90 bits per heavy atom. The lowest BCUT2D eigenvalue weighted by Gasteiger charge is -2.13. The van der Waals surface area contributed by atoms with Gasteiger partial charge in [0.05, 0.1) is 29.5 Å². The molecule has 3 rings (SSSR count). The number of hydrogen-bond acceptors (Lipinski definition) is 6. The minimum Gasteiger partial charge on any atom is -0.488 e. The molecule has 0 bridgehead atoms. The van der Waals surface area contributed by atoms with E-state index in [1.54, 1.807) is 36.4 Å². The van der Waals surface area contributed by atoms with Gasteiger partial charge in [-0.25, -0.2) is 4.79 Å². The van der Waals surface area contributed by atoms with Crippen molar-refractivity contribution in [2.24, 2.45) is 0 Å². The highest BCUT2D eigenvalue weighted by molar-refractivity contribution is 6.06. The molecule has 1 aromatic heterocycles. The minimum absolute atomic E-state index is 0.238. The van der Waals surface area contributed by atoms with Gasteiger partial charge in [0.1, 0.15) is 18.1 Å². The highest BCUT2D eigenvalue weighted by Gasteiger charge is 2.16. The van der Waals surface area contributed by atoms with Gasteiger partial charge in [-0.3, -0.25) is 4.79 Å². The Kier molecular flexibility index (Phi) is 5.97. The van der Waals surface area contributed by atoms with E-state index >= 15 is 0 Å². The van der Waals surface area contributed by atoms with E-state index in [0.717, 1.165) is 16.8 Å². The molecule has 3 aromatic rings. The standard InChI is InChI=1S/C22H22N2O5/c1-13-8-9-20(28-12-19-14(2)24-29-15(19)3)18(10-13)21(25)23-17-7-5-6-16(11-17)22(26)27-4/h5-11H,12H2,1-4H3,(H,23,25). The Morgan fingerprint density at radius 1 is 1.10 bits per heavy atom. The van der Waals surface area contributed by atoms with Crippen LogP contribution in [0, 0.1) is 20.8 Å². The van der Waals surface area contributed by atoms with Crippen LogP contribution in [-0.4, -0.2) is 24.1 Å². The van der Waals surface area contributed by atoms with Gasteiger partial charge in [-0.15, -0.1) is 0 Å². The Labute approximate surface area is 168 Å². The Hall–Kier alpha value is -3.61. The fourth-order valence-electron chi connectivity index (χ4n) is 2.85. The zero-order valence-electron chi connectivity index (χ0n) is 16.7. The maximum absolute atomic E-state index is 12.9. The number of hydrogen-bond donors (Lipinski definition) is 1. The number of aromatic nitrogens is 1. The molecule has 1 heterocycles. The number of amides is 1. The monoisotopic (exact) mass is 394 g/mol. The Morgan fingerprint density at radius 3 is 2.59 bits per heavy atom. The molecule has 0 radical (unpaired) electrons. The average molecular weight is 394 g/mol. The topological polar surface area (TPSA) is 90.7 Å². The summed E-state index contributed by atoms with van der Waals surface area (Å²) in [6, 6.07) is 11.9. The maximum atomic E-state index is 12.9. The van der Waals surface area contributed by atoms with E-state index < -0.39 is 5.97 Å². The molecule has 7 nitrogen and oxygen atoms in total. The predicted octanol–water partition coefficient (Wildman–Crippen LogP) is 4.22. The maximum Gasteiger partial charge on any atom is 0.337 e. The first-order valence-electron chi connectivity index (χ1n) is 9.04. The van der Waals surface area contributed by atoms with Crippen LogP contribution < -0.4 is 10.1 Å². The van der Waals surface area contributed by atoms with Crippen molar-refractivity contribution in [3.63, 3.8) is 0 Å². The quantitative estimate of drug-likeness (QED) is 0.630. The molecule has 7 heteroatoms. The number of anilines is 1. The van der Waals surface area contributed by atoms with Crippen LogP contribution in [0.5, 0.6) is 5.75 Å². The van der Waals surface area contributed by atoms with Crippen molar-refractivity contribution >= 4 is 17.6 Å². The fraction of sp³-hybridized carbons (Fsp3) is 0.227. The molecule has 0 aliphatic rings. The fourth-order valence-corrected chi connectivity index (χ4v) is 2.85. The van der Waals surface area contributed by atoms with Gasteiger partial charge in [-0.1, -0.05) is 22.9 Å². The van der Waals surface area contributed by atoms with E-state index in [2.05, 4.69) is 10.5 Å². The first-order valence-corrected chi connectivity index (χ1v) is 9.04. The number of carbonyl (C=O) groups is 2. The zero-order chi connectivity index (χ0) is 21.0. The summed E-state index contributed by atoms with van der Waals surface area (Å²) in [5, 5.41) is 6.72. The lowest BCUT2D eigenvalue weighted by Crippen LogP contribution is -2.14. The second kappa shape index (κ2) is 8.60. The second-order valence-corrected chi connectivity index (χ2v) is 6.62. The molecule has 0 saturated heterocycles. The van der Waals surface area contributed by atoms with Crippen LogP contribution in [0.4, 0.5) is 5.69 Å². The summed E-state index contributed by atoms with van der Waals surface area (Å²) < 4.78 is 15.8. The third-order valence-corrected chi connectivity index (χ3v) is 4.47. The highest BCUT2D eigenvalue weighted by Crippen LogP contribution is 2.24. The van der Waals surface area contributed by atoms with Crippen molar-refractivity contribution in [1.82, 2.24) is 5.16 Å². The molecular weight excluding hydrogens is 372 g/mol. The van der Waals surface area contributed by atoms with Gasteiger partial charge < -0.3 is 19.3 Å². The van der Waals surface area contributed by atoms with E-state index in [0.29, 0.717) is 28.3 Å². The molecule has 0 spiro atoms. The number of rotatable bonds is 6. The van der Waals surface area contributed by atoms with E-state index in [1.807, 2.05) is 26.8 Å². The molecule has 0 unspecified atom stereocenters. The van der Waals surface area contributed by atoms with Crippen molar-refractivity contribution in [2.75, 3.05) is 12.4 Å². The number of nitrogens with one attached hydrogen (secondary N) is 1. The van der Waals surface area contributed by atoms with Crippen molar-refractivity contribution in [1.29, 1.82) is 0 Å². The summed E-state index contributed by atoms with van der Waals surface area (Å²) in [6.45, 7) is 5.79. The second-order valence-electron chi connectivity index (χ2n) is 6.62. The van der Waals surface area contributed by atoms with E-state index in [9.17, 15) is 9.59 Å². The minimum atomic E-state index is -0.472. The first-order chi connectivity index (χ1) is 13.9. The van der Waals surface area contributed by atoms with Crippen LogP contribution in [0.2, 0.25) is 0 Å². The molecule has 0 atom stereocenters. The summed E-state index contributed by atoms with van der Waals surface area (Å²) in [5.74, 6) is 0.307. The van der Waals surface area contributed by atoms with Crippen molar-refractivity contribution in [2.45, 2.75) is 27.4 Å². The number of esters is 1. The SMILES string of the molecule is COC(=O)c1cccc(NC(=O)c2cc(C)ccc2OCc2c(C)noc2C)c1. The zero-order valence-corrected chi connectivity index (χ0v) is 16.7. The summed E-state index contributed by atoms with van der Waals surface area (Å²) in [5.41, 5.74) is 3.74. The number of methoxy groups -OCH3 is 1. The highest BCUT2D eigenvalue weighted by atomic mass is 16.5. The summed E-state index contributed by atoms with van der Waals surface area (Å²) >= 11 is 0. The normalized spacial score (nSPS) is 10.5. The third kappa shape index (κ3) is 4.63. The van der Waals surface area contributed by atoms with Gasteiger partial charge in [0.2, 0.25) is 0 Å². The van der Waals surface area contributed by atoms with Crippen LogP contribution in [-0.2, 0) is 11.3 Å². The van der Waals surface area contributed by atoms with Gasteiger partial charge in [0.25, 0.3) is 5.91 Å². The number of nitrogens with zero attached hydrogens (tertiary/aromatic N) is 1. The van der Waals surface area contributed by atoms with Crippen LogP contribution >= 0.6 is 0 Å². The molecule has 0 fully saturated rings. The smallest absolute Gasteiger partial charge is 0.337 e. The predicted molar refractivity (Wildman–Crippen MR) is 107 cm³/mol. The van der Waals surface area contributed by atoms with Crippen LogP contribution in [0.25, 0.3) is 0 Å². The van der Waals surface area contributed by atoms with Crippen molar-refractivity contribution in [3.05, 3.63) is 76.2 Å². The number of carbonyl (C=O) groups excluding carboxylic acids is 2. The van der Waals surface area contributed by atoms with E-state index in [-0.39, 0.29) is 12.5 Å². The summed E-state index contributed by atoms with van der Waals surface area (Å²) in [4.78, 5) is 24.6. The summed E-state index contributed by atoms with van der Waals surface area (Å²) in [7, 11) is 1.31. The molecule has 150 valence electrons. The number of ether oxygens (including phenoxy) is 2. The molecule has 1 N–H and O–H groups in total. The Bertz CT molecular complexity index is 1040. The summed E-state index contributed by atoms with van der Waals surface area (Å²) in [6.07, 6.45) is 0. The largest absolute Gasteiger partial charge is 0.488 e. The van der Waals surface area contributed by atoms with Crippen molar-refractivity contribution < 1.29 is 23.6 Å². The van der Waals surface area contributed by atoms with Crippen molar-refractivity contribution in [3.8, 4) is 5.75 Å². The molecular formula is C22H22N2O5. The first kappa shape index (κ1) is 20.1. The lowest BCUT2D eigenvalue weighted by atomic mass is 10.1. The van der Waals surface area contributed by atoms with Gasteiger partial charge in [-0.05, 0) is 51.1 Å². The number of aryl methyl sites for hydroxylation is 3. The van der Waals surface area contributed by atoms with Crippen LogP contribution in [0.1, 0.15) is 43.3 Å². The van der Waals surface area contributed by atoms with E-state index in [4.69, 9.17) is 14.0 Å². The van der Waals surface area contributed by atoms with E-state index in [1.165, 1.54) is 7.11 Å². The van der Waals surface area contributed by atoms with Crippen LogP contribution in [0.3, 0.4) is 0 Å². The molecule has 0 aliphatic heterocycles. The Balaban J connectivity index is 1.81. The number of benzene rings is 2. The average Bonchev–Trinajstić information content (AvgIpc) is 3.04. The van der Waals surface area contributed by atoms with Gasteiger partial charge in [0.15, 0.2) is 0 Å². The molecule has 2 aromatic carbocycles. The molecule has 1 amide bonds. The third-order valence-electron chi connectivity index (χ3n) is 4.47. The molecule has 0 aliphatic carbocycles. The molecule has 0 saturated carbocycles. The molecule has 29 heavy (non-hydrogen) atoms. The van der Waals surface area contributed by atoms with Crippen LogP contribution in [0.15, 0.2) is 47.0 Å². The van der Waals surface area contributed by atoms with Gasteiger partial charge in [0, 0.05) is 5.69 Å². The van der Waals surface area contributed by atoms with Gasteiger partial charge in [-0.2, -0.15) is 0 Å². The lowest BCUT2D eigenvalue weighted by molar-refractivity contribution is 0.0600. The van der Waals surface area contributed by atoms with Gasteiger partial charge >= 0.3 is 5.97 Å².